The van der Waals surface area contributed by atoms with Gasteiger partial charge in [0.15, 0.2) is 0 Å². The largest absolute Gasteiger partial charge is 0.695 e. The zero-order chi connectivity index (χ0) is 16.3. The molecule has 0 saturated carbocycles. The normalized spacial score (nSPS) is 21.9. The van der Waals surface area contributed by atoms with Crippen LogP contribution < -0.4 is 11.4 Å². The fourth-order valence-corrected chi connectivity index (χ4v) is 2.76. The molecule has 3 atom stereocenters. The van der Waals surface area contributed by atoms with Crippen molar-refractivity contribution in [1.29, 1.82) is 0 Å². The molecule has 0 radical (unpaired) electrons. The van der Waals surface area contributed by atoms with Crippen LogP contribution in [0.2, 0.25) is 0 Å². The third-order valence-corrected chi connectivity index (χ3v) is 3.83. The standard InChI is InChI=1S/C11H15N4O6P/c12-9-1-2-14(11(18)13-9)5-10(17)15-4-8(21-22(19)20)3-7(15)6-16/h1-2,7-8,16H,3-6H2,(H2-,12,13,18,19,20)/p+1/t7-,8+/m0/s1. The number of nitrogen functional groups attached to an aromatic ring is 1. The Bertz CT molecular complexity index is 635. The van der Waals surface area contributed by atoms with E-state index in [1.165, 1.54) is 17.2 Å². The molecule has 1 aliphatic rings. The summed E-state index contributed by atoms with van der Waals surface area (Å²) in [6.45, 7) is -0.494. The molecule has 0 spiro atoms. The van der Waals surface area contributed by atoms with Crippen LogP contribution in [-0.4, -0.2) is 55.7 Å². The maximum absolute atomic E-state index is 12.3. The van der Waals surface area contributed by atoms with Crippen LogP contribution in [0.4, 0.5) is 5.82 Å². The van der Waals surface area contributed by atoms with Gasteiger partial charge in [-0.3, -0.25) is 9.36 Å². The second kappa shape index (κ2) is 6.93. The molecule has 11 heteroatoms. The van der Waals surface area contributed by atoms with Crippen LogP contribution in [0.5, 0.6) is 0 Å². The molecular weight excluding hydrogens is 315 g/mol. The van der Waals surface area contributed by atoms with E-state index in [1.54, 1.807) is 0 Å². The maximum atomic E-state index is 12.3. The van der Waals surface area contributed by atoms with Gasteiger partial charge < -0.3 is 15.7 Å². The van der Waals surface area contributed by atoms with Gasteiger partial charge in [-0.1, -0.05) is 0 Å². The van der Waals surface area contributed by atoms with Crippen LogP contribution in [-0.2, 0) is 20.4 Å². The summed E-state index contributed by atoms with van der Waals surface area (Å²) < 4.78 is 16.6. The zero-order valence-corrected chi connectivity index (χ0v) is 12.4. The monoisotopic (exact) mass is 331 g/mol. The van der Waals surface area contributed by atoms with Gasteiger partial charge in [-0.05, 0) is 6.07 Å². The summed E-state index contributed by atoms with van der Waals surface area (Å²) in [5, 5.41) is 9.31. The van der Waals surface area contributed by atoms with Crippen molar-refractivity contribution in [2.75, 3.05) is 18.9 Å². The van der Waals surface area contributed by atoms with Crippen LogP contribution >= 0.6 is 8.25 Å². The number of nitrogens with zero attached hydrogens (tertiary/aromatic N) is 3. The lowest BCUT2D eigenvalue weighted by Crippen LogP contribution is -2.41. The van der Waals surface area contributed by atoms with Crippen molar-refractivity contribution in [3.8, 4) is 0 Å². The van der Waals surface area contributed by atoms with E-state index in [-0.39, 0.29) is 31.9 Å². The van der Waals surface area contributed by atoms with E-state index in [0.717, 1.165) is 4.57 Å². The maximum Gasteiger partial charge on any atom is 0.695 e. The van der Waals surface area contributed by atoms with E-state index in [9.17, 15) is 19.3 Å². The summed E-state index contributed by atoms with van der Waals surface area (Å²) in [5.74, 6) is -0.365. The van der Waals surface area contributed by atoms with Gasteiger partial charge in [-0.2, -0.15) is 4.98 Å². The summed E-state index contributed by atoms with van der Waals surface area (Å²) in [6, 6.07) is 0.870. The molecule has 10 nitrogen and oxygen atoms in total. The van der Waals surface area contributed by atoms with Crippen molar-refractivity contribution < 1.29 is 23.9 Å². The minimum Gasteiger partial charge on any atom is -0.394 e. The molecule has 0 aliphatic carbocycles. The number of amides is 1. The third-order valence-electron chi connectivity index (χ3n) is 3.35. The van der Waals surface area contributed by atoms with E-state index in [0.29, 0.717) is 0 Å². The molecule has 1 aromatic heterocycles. The molecule has 2 rings (SSSR count). The predicted octanol–water partition coefficient (Wildman–Crippen LogP) is -1.55. The van der Waals surface area contributed by atoms with E-state index in [1.807, 2.05) is 0 Å². The lowest BCUT2D eigenvalue weighted by atomic mass is 10.2. The topological polar surface area (TPSA) is 148 Å². The molecule has 1 saturated heterocycles. The fraction of sp³-hybridized carbons (Fsp3) is 0.545. The molecule has 1 fully saturated rings. The number of aromatic nitrogens is 2. The minimum absolute atomic E-state index is 0.0586. The third kappa shape index (κ3) is 3.86. The van der Waals surface area contributed by atoms with Crippen molar-refractivity contribution in [1.82, 2.24) is 14.5 Å². The number of nitrogens with two attached hydrogens (primary N) is 1. The highest BCUT2D eigenvalue weighted by atomic mass is 31.1. The van der Waals surface area contributed by atoms with Gasteiger partial charge in [0.25, 0.3) is 0 Å². The Morgan fingerprint density at radius 1 is 1.59 bits per heavy atom. The van der Waals surface area contributed by atoms with Crippen molar-refractivity contribution in [3.63, 3.8) is 0 Å². The molecule has 120 valence electrons. The highest BCUT2D eigenvalue weighted by Crippen LogP contribution is 2.27. The van der Waals surface area contributed by atoms with Crippen LogP contribution in [0.25, 0.3) is 0 Å². The summed E-state index contributed by atoms with van der Waals surface area (Å²) in [6.07, 6.45) is 0.972. The summed E-state index contributed by atoms with van der Waals surface area (Å²) >= 11 is 0. The molecule has 1 aliphatic heterocycles. The second-order valence-electron chi connectivity index (χ2n) is 4.85. The molecule has 4 N–H and O–H groups in total. The number of carbonyl (C=O) groups excluding carboxylic acids is 1. The first-order valence-corrected chi connectivity index (χ1v) is 7.60. The summed E-state index contributed by atoms with van der Waals surface area (Å²) in [7, 11) is -2.78. The van der Waals surface area contributed by atoms with Crippen LogP contribution in [0.1, 0.15) is 6.42 Å². The Morgan fingerprint density at radius 2 is 2.32 bits per heavy atom. The average molecular weight is 331 g/mol. The number of carbonyl (C=O) groups is 1. The predicted molar refractivity (Wildman–Crippen MR) is 74.8 cm³/mol. The lowest BCUT2D eigenvalue weighted by Gasteiger charge is -2.22. The molecule has 1 unspecified atom stereocenters. The van der Waals surface area contributed by atoms with Crippen LogP contribution in [0, 0.1) is 0 Å². The lowest BCUT2D eigenvalue weighted by molar-refractivity contribution is -0.133. The SMILES string of the molecule is Nc1ccn(CC(=O)N2C[C@H](O[P+](=O)O)C[C@H]2CO)c(=O)n1. The first-order chi connectivity index (χ1) is 10.4. The number of anilines is 1. The Morgan fingerprint density at radius 3 is 2.91 bits per heavy atom. The van der Waals surface area contributed by atoms with E-state index in [4.69, 9.17) is 15.2 Å². The van der Waals surface area contributed by atoms with Gasteiger partial charge >= 0.3 is 13.9 Å². The van der Waals surface area contributed by atoms with E-state index >= 15 is 0 Å². The van der Waals surface area contributed by atoms with Crippen molar-refractivity contribution >= 4 is 20.0 Å². The van der Waals surface area contributed by atoms with Gasteiger partial charge in [-0.25, -0.2) is 4.79 Å². The van der Waals surface area contributed by atoms with Gasteiger partial charge in [0, 0.05) is 17.2 Å². The Balaban J connectivity index is 2.07. The minimum atomic E-state index is -2.78. The molecular formula is C11H16N4O6P+. The molecule has 22 heavy (non-hydrogen) atoms. The van der Waals surface area contributed by atoms with Gasteiger partial charge in [-0.15, -0.1) is 9.42 Å². The van der Waals surface area contributed by atoms with E-state index < -0.39 is 32.0 Å². The van der Waals surface area contributed by atoms with Crippen LogP contribution in [0.15, 0.2) is 17.1 Å². The van der Waals surface area contributed by atoms with Gasteiger partial charge in [0.05, 0.1) is 19.2 Å². The van der Waals surface area contributed by atoms with Crippen molar-refractivity contribution in [3.05, 3.63) is 22.7 Å². The molecule has 1 amide bonds. The first kappa shape index (κ1) is 16.5. The summed E-state index contributed by atoms with van der Waals surface area (Å²) in [5.41, 5.74) is 4.71. The average Bonchev–Trinajstić information content (AvgIpc) is 2.84. The first-order valence-electron chi connectivity index (χ1n) is 6.47. The quantitative estimate of drug-likeness (QED) is 0.549. The summed E-state index contributed by atoms with van der Waals surface area (Å²) in [4.78, 5) is 37.5. The number of rotatable bonds is 5. The second-order valence-corrected chi connectivity index (χ2v) is 5.53. The number of aliphatic hydroxyl groups is 1. The molecule has 2 heterocycles. The number of hydrogen-bond acceptors (Lipinski definition) is 7. The van der Waals surface area contributed by atoms with Crippen molar-refractivity contribution in [2.24, 2.45) is 0 Å². The number of likely N-dealkylation sites (tertiary alicyclic amines) is 1. The molecule has 0 bridgehead atoms. The molecule has 0 aromatic carbocycles. The Labute approximate surface area is 126 Å². The van der Waals surface area contributed by atoms with Crippen LogP contribution in [0.3, 0.4) is 0 Å². The Kier molecular flexibility index (Phi) is 5.19. The Hall–Kier alpha value is -1.87. The zero-order valence-electron chi connectivity index (χ0n) is 11.5. The number of hydrogen-bond donors (Lipinski definition) is 3. The highest BCUT2D eigenvalue weighted by Gasteiger charge is 2.39. The van der Waals surface area contributed by atoms with E-state index in [2.05, 4.69) is 4.98 Å². The van der Waals surface area contributed by atoms with Crippen molar-refractivity contribution in [2.45, 2.75) is 25.1 Å². The highest BCUT2D eigenvalue weighted by molar-refractivity contribution is 7.32. The van der Waals surface area contributed by atoms with Gasteiger partial charge in [0.2, 0.25) is 5.91 Å². The van der Waals surface area contributed by atoms with Gasteiger partial charge in [0.1, 0.15) is 18.5 Å². The number of aliphatic hydroxyl groups excluding tert-OH is 1. The smallest absolute Gasteiger partial charge is 0.394 e. The fourth-order valence-electron chi connectivity index (χ4n) is 2.36. The molecule has 1 aromatic rings.